The molecule has 124 valence electrons. The number of nitrogens with zero attached hydrogens (tertiary/aromatic N) is 2. The van der Waals surface area contributed by atoms with E-state index in [1.54, 1.807) is 0 Å². The first-order chi connectivity index (χ1) is 10.6. The van der Waals surface area contributed by atoms with Gasteiger partial charge in [0.1, 0.15) is 5.75 Å². The topological polar surface area (TPSA) is 87.4 Å². The van der Waals surface area contributed by atoms with Crippen molar-refractivity contribution in [3.63, 3.8) is 0 Å². The van der Waals surface area contributed by atoms with E-state index in [1.165, 1.54) is 37.5 Å². The molecule has 2 rings (SSSR count). The molecule has 0 bridgehead atoms. The molecule has 1 unspecified atom stereocenters. The quantitative estimate of drug-likeness (QED) is 0.748. The van der Waals surface area contributed by atoms with Crippen LogP contribution in [0.5, 0.6) is 5.75 Å². The first kappa shape index (κ1) is 16.8. The van der Waals surface area contributed by atoms with E-state index in [0.29, 0.717) is 0 Å². The number of carbonyl (C=O) groups excluding carboxylic acids is 1. The number of phenolic OH excluding ortho intramolecular Hbond substituents is 1. The largest absolute Gasteiger partial charge is 0.506 e. The minimum absolute atomic E-state index is 0.0538. The van der Waals surface area contributed by atoms with Gasteiger partial charge in [-0.1, -0.05) is 12.1 Å². The first-order valence-electron chi connectivity index (χ1n) is 6.50. The van der Waals surface area contributed by atoms with Gasteiger partial charge in [0.15, 0.2) is 5.82 Å². The number of benzene rings is 1. The summed E-state index contributed by atoms with van der Waals surface area (Å²) in [5, 5.41) is 21.7. The van der Waals surface area contributed by atoms with Crippen LogP contribution in [-0.2, 0) is 17.4 Å². The highest BCUT2D eigenvalue weighted by Crippen LogP contribution is 2.41. The summed E-state index contributed by atoms with van der Waals surface area (Å²) < 4.78 is 40.9. The monoisotopic (exact) mass is 329 g/mol. The number of para-hydroxylation sites is 2. The molecule has 0 saturated carbocycles. The first-order valence-corrected chi connectivity index (χ1v) is 6.50. The second kappa shape index (κ2) is 5.92. The van der Waals surface area contributed by atoms with Gasteiger partial charge in [-0.3, -0.25) is 4.79 Å². The van der Waals surface area contributed by atoms with Gasteiger partial charge in [-0.05, 0) is 12.1 Å². The van der Waals surface area contributed by atoms with Crippen LogP contribution < -0.4 is 5.32 Å². The smallest absolute Gasteiger partial charge is 0.425 e. The lowest BCUT2D eigenvalue weighted by Crippen LogP contribution is -2.46. The average Bonchev–Trinajstić information content (AvgIpc) is 2.86. The highest BCUT2D eigenvalue weighted by Gasteiger charge is 2.58. The van der Waals surface area contributed by atoms with Crippen LogP contribution >= 0.6 is 0 Å². The van der Waals surface area contributed by atoms with Crippen molar-refractivity contribution >= 4 is 11.6 Å². The summed E-state index contributed by atoms with van der Waals surface area (Å²) in [7, 11) is 1.28. The summed E-state index contributed by atoms with van der Waals surface area (Å²) in [6.45, 7) is 0. The van der Waals surface area contributed by atoms with E-state index in [-0.39, 0.29) is 11.4 Å². The fourth-order valence-electron chi connectivity index (χ4n) is 2.08. The predicted molar refractivity (Wildman–Crippen MR) is 74.5 cm³/mol. The van der Waals surface area contributed by atoms with Gasteiger partial charge < -0.3 is 20.1 Å². The van der Waals surface area contributed by atoms with Crippen LogP contribution in [0, 0.1) is 0 Å². The van der Waals surface area contributed by atoms with Crippen molar-refractivity contribution in [1.29, 1.82) is 0 Å². The zero-order valence-corrected chi connectivity index (χ0v) is 12.0. The molecular formula is C14H14F3N3O3. The summed E-state index contributed by atoms with van der Waals surface area (Å²) in [4.78, 5) is 15.4. The predicted octanol–water partition coefficient (Wildman–Crippen LogP) is 1.90. The number of anilines is 1. The number of halogens is 3. The Balaban J connectivity index is 2.28. The number of carbonyl (C=O) groups is 1. The molecule has 1 heterocycles. The molecule has 6 nitrogen and oxygen atoms in total. The van der Waals surface area contributed by atoms with Crippen LogP contribution in [0.3, 0.4) is 0 Å². The maximum Gasteiger partial charge on any atom is 0.425 e. The molecule has 0 fully saturated rings. The number of alkyl halides is 3. The molecule has 9 heteroatoms. The van der Waals surface area contributed by atoms with Crippen LogP contribution in [0.1, 0.15) is 12.2 Å². The highest BCUT2D eigenvalue weighted by atomic mass is 19.4. The third-order valence-corrected chi connectivity index (χ3v) is 3.25. The average molecular weight is 329 g/mol. The molecule has 0 spiro atoms. The van der Waals surface area contributed by atoms with Gasteiger partial charge in [0.25, 0.3) is 0 Å². The van der Waals surface area contributed by atoms with Crippen LogP contribution in [0.4, 0.5) is 18.9 Å². The van der Waals surface area contributed by atoms with Crippen molar-refractivity contribution in [1.82, 2.24) is 9.55 Å². The van der Waals surface area contributed by atoms with Crippen molar-refractivity contribution in [2.45, 2.75) is 18.2 Å². The number of nitrogens with one attached hydrogen (secondary N) is 1. The molecular weight excluding hydrogens is 315 g/mol. The molecule has 3 N–H and O–H groups in total. The number of aromatic hydroxyl groups is 1. The van der Waals surface area contributed by atoms with E-state index in [2.05, 4.69) is 10.3 Å². The van der Waals surface area contributed by atoms with E-state index in [0.717, 1.165) is 10.8 Å². The molecule has 1 aromatic heterocycles. The van der Waals surface area contributed by atoms with Gasteiger partial charge in [-0.25, -0.2) is 4.98 Å². The fourth-order valence-corrected chi connectivity index (χ4v) is 2.08. The number of phenols is 1. The third kappa shape index (κ3) is 3.29. The summed E-state index contributed by atoms with van der Waals surface area (Å²) >= 11 is 0. The molecule has 1 amide bonds. The lowest BCUT2D eigenvalue weighted by Gasteiger charge is -2.29. The summed E-state index contributed by atoms with van der Waals surface area (Å²) in [6, 6.07) is 5.57. The maximum atomic E-state index is 13.3. The fraction of sp³-hybridized carbons (Fsp3) is 0.286. The standard InChI is InChI=1S/C14H14F3N3O3/c1-20-7-6-18-12(20)13(23,14(15,16)17)8-11(22)19-9-4-2-3-5-10(9)21/h2-7,21,23H,8H2,1H3,(H,19,22). The molecule has 2 aromatic rings. The Kier molecular flexibility index (Phi) is 4.33. The Labute approximate surface area is 129 Å². The number of aromatic nitrogens is 2. The minimum Gasteiger partial charge on any atom is -0.506 e. The number of hydrogen-bond acceptors (Lipinski definition) is 4. The van der Waals surface area contributed by atoms with E-state index in [1.807, 2.05) is 0 Å². The molecule has 0 radical (unpaired) electrons. The number of rotatable bonds is 4. The molecule has 0 aliphatic heterocycles. The highest BCUT2D eigenvalue weighted by molar-refractivity contribution is 5.92. The van der Waals surface area contributed by atoms with Gasteiger partial charge in [0.05, 0.1) is 12.1 Å². The number of hydrogen-bond donors (Lipinski definition) is 3. The summed E-state index contributed by atoms with van der Waals surface area (Å²) in [6.07, 6.45) is -4.09. The van der Waals surface area contributed by atoms with Crippen molar-refractivity contribution in [2.75, 3.05) is 5.32 Å². The number of amides is 1. The lowest BCUT2D eigenvalue weighted by atomic mass is 9.97. The SMILES string of the molecule is Cn1ccnc1C(O)(CC(=O)Nc1ccccc1O)C(F)(F)F. The zero-order chi connectivity index (χ0) is 17.3. The molecule has 23 heavy (non-hydrogen) atoms. The van der Waals surface area contributed by atoms with Crippen LogP contribution in [0.15, 0.2) is 36.7 Å². The van der Waals surface area contributed by atoms with E-state index in [4.69, 9.17) is 0 Å². The Morgan fingerprint density at radius 2 is 2.00 bits per heavy atom. The Morgan fingerprint density at radius 3 is 2.52 bits per heavy atom. The van der Waals surface area contributed by atoms with Gasteiger partial charge in [-0.15, -0.1) is 0 Å². The van der Waals surface area contributed by atoms with E-state index < -0.39 is 29.9 Å². The lowest BCUT2D eigenvalue weighted by molar-refractivity contribution is -0.270. The van der Waals surface area contributed by atoms with Gasteiger partial charge in [0, 0.05) is 19.4 Å². The van der Waals surface area contributed by atoms with E-state index >= 15 is 0 Å². The second-order valence-corrected chi connectivity index (χ2v) is 4.96. The molecule has 1 aromatic carbocycles. The van der Waals surface area contributed by atoms with Gasteiger partial charge in [0.2, 0.25) is 11.5 Å². The summed E-state index contributed by atoms with van der Waals surface area (Å²) in [5.74, 6) is -2.11. The van der Waals surface area contributed by atoms with Crippen molar-refractivity contribution in [3.05, 3.63) is 42.5 Å². The molecule has 0 aliphatic carbocycles. The van der Waals surface area contributed by atoms with E-state index in [9.17, 15) is 28.2 Å². The van der Waals surface area contributed by atoms with Gasteiger partial charge in [-0.2, -0.15) is 13.2 Å². The third-order valence-electron chi connectivity index (χ3n) is 3.25. The number of imidazole rings is 1. The van der Waals surface area contributed by atoms with Crippen LogP contribution in [-0.4, -0.2) is 31.8 Å². The second-order valence-electron chi connectivity index (χ2n) is 4.96. The molecule has 1 atom stereocenters. The normalized spacial score (nSPS) is 14.3. The number of aliphatic hydroxyl groups is 1. The molecule has 0 aliphatic rings. The Bertz CT molecular complexity index is 715. The Hall–Kier alpha value is -2.55. The number of aryl methyl sites for hydroxylation is 1. The molecule has 0 saturated heterocycles. The Morgan fingerprint density at radius 1 is 1.35 bits per heavy atom. The van der Waals surface area contributed by atoms with Crippen molar-refractivity contribution in [3.8, 4) is 5.75 Å². The van der Waals surface area contributed by atoms with Crippen LogP contribution in [0.25, 0.3) is 0 Å². The zero-order valence-electron chi connectivity index (χ0n) is 12.0. The maximum absolute atomic E-state index is 13.3. The summed E-state index contributed by atoms with van der Waals surface area (Å²) in [5.41, 5.74) is -3.50. The van der Waals surface area contributed by atoms with Gasteiger partial charge >= 0.3 is 6.18 Å². The van der Waals surface area contributed by atoms with Crippen molar-refractivity contribution < 1.29 is 28.2 Å². The van der Waals surface area contributed by atoms with Crippen molar-refractivity contribution in [2.24, 2.45) is 7.05 Å². The van der Waals surface area contributed by atoms with Crippen LogP contribution in [0.2, 0.25) is 0 Å². The minimum atomic E-state index is -5.11.